The molecule has 0 saturated heterocycles. The van der Waals surface area contributed by atoms with Crippen molar-refractivity contribution < 1.29 is 4.57 Å². The van der Waals surface area contributed by atoms with E-state index in [0.29, 0.717) is 0 Å². The van der Waals surface area contributed by atoms with E-state index in [1.807, 2.05) is 0 Å². The Hall–Kier alpha value is -3.65. The number of aromatic nitrogens is 2. The Morgan fingerprint density at radius 2 is 1.43 bits per heavy atom. The Morgan fingerprint density at radius 3 is 2.20 bits per heavy atom. The zero-order valence-corrected chi connectivity index (χ0v) is 21.7. The lowest BCUT2D eigenvalue weighted by Crippen LogP contribution is -2.29. The molecule has 0 unspecified atom stereocenters. The van der Waals surface area contributed by atoms with E-state index in [1.165, 1.54) is 82.0 Å². The Bertz CT molecular complexity index is 2010. The van der Waals surface area contributed by atoms with Crippen LogP contribution in [0.5, 0.6) is 0 Å². The average molecular weight is 456 g/mol. The van der Waals surface area contributed by atoms with Crippen molar-refractivity contribution in [3.8, 4) is 0 Å². The topological polar surface area (TPSA) is 8.29 Å². The summed E-state index contributed by atoms with van der Waals surface area (Å²) in [5.41, 5.74) is 10.8. The molecule has 0 fully saturated rings. The lowest BCUT2D eigenvalue weighted by atomic mass is 9.85. The van der Waals surface area contributed by atoms with E-state index >= 15 is 0 Å². The van der Waals surface area contributed by atoms with Gasteiger partial charge in [-0.05, 0) is 59.0 Å². The predicted octanol–water partition coefficient (Wildman–Crippen LogP) is 8.19. The van der Waals surface area contributed by atoms with Gasteiger partial charge in [0, 0.05) is 16.8 Å². The smallest absolute Gasteiger partial charge is 0.224 e. The molecule has 0 N–H and O–H groups in total. The summed E-state index contributed by atoms with van der Waals surface area (Å²) in [6, 6.07) is 20.7. The highest BCUT2D eigenvalue weighted by Crippen LogP contribution is 2.45. The summed E-state index contributed by atoms with van der Waals surface area (Å²) in [5.74, 6) is 0. The van der Waals surface area contributed by atoms with E-state index in [-0.39, 0.29) is 5.41 Å². The van der Waals surface area contributed by atoms with Crippen molar-refractivity contribution in [3.05, 3.63) is 83.0 Å². The number of fused-ring (bicyclic) bond motifs is 7. The third-order valence-electron chi connectivity index (χ3n) is 8.27. The quantitative estimate of drug-likeness (QED) is 0.124. The van der Waals surface area contributed by atoms with Gasteiger partial charge in [-0.15, -0.1) is 0 Å². The number of pyridine rings is 2. The fraction of sp³-hybridized carbons (Fsp3) is 0.242. The molecule has 0 saturated carbocycles. The maximum Gasteiger partial charge on any atom is 0.224 e. The van der Waals surface area contributed by atoms with E-state index in [9.17, 15) is 0 Å². The van der Waals surface area contributed by atoms with E-state index in [4.69, 9.17) is 0 Å². The Labute approximate surface area is 205 Å². The lowest BCUT2D eigenvalue weighted by Gasteiger charge is -2.22. The average Bonchev–Trinajstić information content (AvgIpc) is 3.16. The zero-order chi connectivity index (χ0) is 24.4. The highest BCUT2D eigenvalue weighted by molar-refractivity contribution is 6.29. The summed E-state index contributed by atoms with van der Waals surface area (Å²) >= 11 is 0. The molecule has 3 heterocycles. The molecule has 4 aromatic carbocycles. The minimum atomic E-state index is 0.0324. The Balaban J connectivity index is 1.98. The molecule has 172 valence electrons. The van der Waals surface area contributed by atoms with Gasteiger partial charge in [-0.25, -0.2) is 4.57 Å². The summed E-state index contributed by atoms with van der Waals surface area (Å²) in [6.45, 7) is 13.8. The van der Waals surface area contributed by atoms with Crippen molar-refractivity contribution in [3.63, 3.8) is 0 Å². The van der Waals surface area contributed by atoms with E-state index < -0.39 is 0 Å². The van der Waals surface area contributed by atoms with Crippen LogP contribution >= 0.6 is 0 Å². The number of rotatable bonds is 0. The number of benzene rings is 4. The molecule has 0 aliphatic rings. The predicted molar refractivity (Wildman–Crippen MR) is 150 cm³/mol. The molecule has 7 rings (SSSR count). The van der Waals surface area contributed by atoms with Crippen molar-refractivity contribution >= 4 is 59.8 Å². The summed E-state index contributed by atoms with van der Waals surface area (Å²) in [6.07, 6.45) is 2.22. The molecule has 2 heteroatoms. The zero-order valence-electron chi connectivity index (χ0n) is 21.7. The van der Waals surface area contributed by atoms with Gasteiger partial charge in [0.25, 0.3) is 0 Å². The second kappa shape index (κ2) is 6.51. The van der Waals surface area contributed by atoms with Crippen LogP contribution in [0.1, 0.15) is 43.0 Å². The highest BCUT2D eigenvalue weighted by atomic mass is 15.0. The molecule has 0 aliphatic carbocycles. The first-order valence-corrected chi connectivity index (χ1v) is 12.6. The number of hydrogen-bond acceptors (Lipinski definition) is 0. The molecule has 35 heavy (non-hydrogen) atoms. The van der Waals surface area contributed by atoms with Gasteiger partial charge in [0.2, 0.25) is 5.52 Å². The Kier molecular flexibility index (Phi) is 3.85. The number of nitrogens with zero attached hydrogens (tertiary/aromatic N) is 2. The normalized spacial score (nSPS) is 13.0. The first kappa shape index (κ1) is 20.7. The fourth-order valence-corrected chi connectivity index (χ4v) is 6.62. The van der Waals surface area contributed by atoms with Crippen LogP contribution < -0.4 is 4.57 Å². The minimum absolute atomic E-state index is 0.0324. The molecule has 0 radical (unpaired) electrons. The molecule has 0 amide bonds. The van der Waals surface area contributed by atoms with Gasteiger partial charge in [0.1, 0.15) is 7.05 Å². The van der Waals surface area contributed by atoms with Gasteiger partial charge >= 0.3 is 0 Å². The highest BCUT2D eigenvalue weighted by Gasteiger charge is 2.28. The van der Waals surface area contributed by atoms with Crippen LogP contribution in [0, 0.1) is 20.8 Å². The summed E-state index contributed by atoms with van der Waals surface area (Å²) in [7, 11) is 2.20. The van der Waals surface area contributed by atoms with E-state index in [2.05, 4.69) is 118 Å². The molecule has 7 aromatic rings. The molecular weight excluding hydrogens is 424 g/mol. The molecule has 0 aliphatic heterocycles. The monoisotopic (exact) mass is 455 g/mol. The molecular formula is C33H31N2+. The second-order valence-electron chi connectivity index (χ2n) is 11.5. The van der Waals surface area contributed by atoms with Gasteiger partial charge in [-0.1, -0.05) is 74.9 Å². The van der Waals surface area contributed by atoms with Crippen molar-refractivity contribution in [2.75, 3.05) is 0 Å². The van der Waals surface area contributed by atoms with Crippen molar-refractivity contribution in [2.45, 2.75) is 47.0 Å². The van der Waals surface area contributed by atoms with Crippen LogP contribution in [0.2, 0.25) is 0 Å². The van der Waals surface area contributed by atoms with Crippen LogP contribution in [0.4, 0.5) is 0 Å². The SMILES string of the molecule is Cc1ccc2c(C)c3c(c(C)c2c1)n1c2c(C(C)(C)C)cccc2c2ccc4cc[n+](C)c3c4c21. The number of aryl methyl sites for hydroxylation is 4. The summed E-state index contributed by atoms with van der Waals surface area (Å²) < 4.78 is 4.96. The van der Waals surface area contributed by atoms with Crippen LogP contribution in [0.25, 0.3) is 59.8 Å². The lowest BCUT2D eigenvalue weighted by molar-refractivity contribution is -0.643. The molecule has 2 nitrogen and oxygen atoms in total. The van der Waals surface area contributed by atoms with E-state index in [1.54, 1.807) is 0 Å². The maximum absolute atomic E-state index is 2.63. The van der Waals surface area contributed by atoms with E-state index in [0.717, 1.165) is 0 Å². The maximum atomic E-state index is 2.63. The van der Waals surface area contributed by atoms with Crippen LogP contribution in [0.3, 0.4) is 0 Å². The third-order valence-corrected chi connectivity index (χ3v) is 8.27. The van der Waals surface area contributed by atoms with Gasteiger partial charge in [-0.2, -0.15) is 0 Å². The van der Waals surface area contributed by atoms with Gasteiger partial charge < -0.3 is 4.40 Å². The van der Waals surface area contributed by atoms with Gasteiger partial charge in [-0.3, -0.25) is 0 Å². The third kappa shape index (κ3) is 2.47. The van der Waals surface area contributed by atoms with Crippen molar-refractivity contribution in [1.82, 2.24) is 4.40 Å². The van der Waals surface area contributed by atoms with Crippen molar-refractivity contribution in [2.24, 2.45) is 7.05 Å². The van der Waals surface area contributed by atoms with Crippen LogP contribution in [0.15, 0.2) is 60.8 Å². The van der Waals surface area contributed by atoms with Crippen LogP contribution in [-0.4, -0.2) is 4.40 Å². The largest absolute Gasteiger partial charge is 0.307 e. The fourth-order valence-electron chi connectivity index (χ4n) is 6.62. The molecule has 0 spiro atoms. The van der Waals surface area contributed by atoms with Crippen LogP contribution in [-0.2, 0) is 12.5 Å². The van der Waals surface area contributed by atoms with Crippen molar-refractivity contribution in [1.29, 1.82) is 0 Å². The molecule has 0 atom stereocenters. The summed E-state index contributed by atoms with van der Waals surface area (Å²) in [4.78, 5) is 0. The molecule has 0 bridgehead atoms. The Morgan fingerprint density at radius 1 is 0.686 bits per heavy atom. The minimum Gasteiger partial charge on any atom is -0.307 e. The summed E-state index contributed by atoms with van der Waals surface area (Å²) in [5, 5.41) is 9.45. The first-order chi connectivity index (χ1) is 16.7. The number of para-hydroxylation sites is 1. The first-order valence-electron chi connectivity index (χ1n) is 12.6. The number of hydrogen-bond donors (Lipinski definition) is 0. The van der Waals surface area contributed by atoms with Gasteiger partial charge in [0.15, 0.2) is 6.20 Å². The van der Waals surface area contributed by atoms with Gasteiger partial charge in [0.05, 0.1) is 27.3 Å². The molecule has 3 aromatic heterocycles. The standard InChI is InChI=1S/C33H31N2/c1-18-11-13-22-19(2)27-29(20(3)25(22)17-18)35-30-23(9-8-10-26(30)33(4,5)6)24-14-12-21-15-16-34(7)32(27)28(21)31(24)35/h8-17H,1-7H3/q+1. The second-order valence-corrected chi connectivity index (χ2v) is 11.5.